The summed E-state index contributed by atoms with van der Waals surface area (Å²) in [6, 6.07) is 11.2. The summed E-state index contributed by atoms with van der Waals surface area (Å²) in [5.41, 5.74) is 3.50. The molecule has 2 aromatic rings. The molecule has 2 aromatic carbocycles. The number of carbonyl (C=O) groups is 1. The van der Waals surface area contributed by atoms with Crippen molar-refractivity contribution in [1.82, 2.24) is 0 Å². The van der Waals surface area contributed by atoms with Crippen LogP contribution >= 0.6 is 0 Å². The summed E-state index contributed by atoms with van der Waals surface area (Å²) in [6.45, 7) is 5.01. The van der Waals surface area contributed by atoms with E-state index in [1.807, 2.05) is 32.0 Å². The van der Waals surface area contributed by atoms with Gasteiger partial charge < -0.3 is 14.8 Å². The van der Waals surface area contributed by atoms with Gasteiger partial charge in [-0.25, -0.2) is 0 Å². The highest BCUT2D eigenvalue weighted by Gasteiger charge is 2.15. The average Bonchev–Trinajstić information content (AvgIpc) is 2.50. The van der Waals surface area contributed by atoms with Crippen LogP contribution < -0.4 is 14.8 Å². The Labute approximate surface area is 123 Å². The van der Waals surface area contributed by atoms with Gasteiger partial charge >= 0.3 is 0 Å². The molecule has 0 saturated carbocycles. The summed E-state index contributed by atoms with van der Waals surface area (Å²) in [6.07, 6.45) is 0. The second kappa shape index (κ2) is 5.48. The quantitative estimate of drug-likeness (QED) is 0.919. The van der Waals surface area contributed by atoms with Crippen molar-refractivity contribution in [3.8, 4) is 11.5 Å². The van der Waals surface area contributed by atoms with Crippen LogP contribution in [0.2, 0.25) is 0 Å². The molecule has 21 heavy (non-hydrogen) atoms. The number of para-hydroxylation sites is 1. The van der Waals surface area contributed by atoms with E-state index in [9.17, 15) is 4.79 Å². The lowest BCUT2D eigenvalue weighted by molar-refractivity contribution is 0.102. The summed E-state index contributed by atoms with van der Waals surface area (Å²) >= 11 is 0. The molecule has 0 fully saturated rings. The zero-order valence-corrected chi connectivity index (χ0v) is 12.1. The Morgan fingerprint density at radius 3 is 2.38 bits per heavy atom. The molecule has 3 rings (SSSR count). The lowest BCUT2D eigenvalue weighted by Gasteiger charge is -2.19. The Morgan fingerprint density at radius 1 is 1.00 bits per heavy atom. The SMILES string of the molecule is Cc1cccc(C)c1NC(=O)c1ccc2c(c1)OCCO2. The minimum absolute atomic E-state index is 0.149. The highest BCUT2D eigenvalue weighted by molar-refractivity contribution is 6.05. The molecule has 4 nitrogen and oxygen atoms in total. The number of ether oxygens (including phenoxy) is 2. The number of amides is 1. The molecule has 0 aliphatic carbocycles. The third-order valence-corrected chi connectivity index (χ3v) is 3.52. The first-order chi connectivity index (χ1) is 10.1. The largest absolute Gasteiger partial charge is 0.486 e. The van der Waals surface area contributed by atoms with Gasteiger partial charge in [0.1, 0.15) is 13.2 Å². The molecule has 0 aromatic heterocycles. The van der Waals surface area contributed by atoms with Gasteiger partial charge in [0.25, 0.3) is 5.91 Å². The predicted molar refractivity (Wildman–Crippen MR) is 81.3 cm³/mol. The van der Waals surface area contributed by atoms with E-state index in [-0.39, 0.29) is 5.91 Å². The van der Waals surface area contributed by atoms with E-state index in [2.05, 4.69) is 5.32 Å². The van der Waals surface area contributed by atoms with Crippen molar-refractivity contribution < 1.29 is 14.3 Å². The number of rotatable bonds is 2. The van der Waals surface area contributed by atoms with Gasteiger partial charge in [-0.05, 0) is 43.2 Å². The number of aryl methyl sites for hydroxylation is 2. The van der Waals surface area contributed by atoms with E-state index >= 15 is 0 Å². The molecule has 0 saturated heterocycles. The van der Waals surface area contributed by atoms with Gasteiger partial charge in [0.2, 0.25) is 0 Å². The lowest BCUT2D eigenvalue weighted by Crippen LogP contribution is -2.17. The van der Waals surface area contributed by atoms with E-state index < -0.39 is 0 Å². The monoisotopic (exact) mass is 283 g/mol. The molecule has 4 heteroatoms. The first-order valence-electron chi connectivity index (χ1n) is 6.92. The molecular formula is C17H17NO3. The highest BCUT2D eigenvalue weighted by atomic mass is 16.6. The highest BCUT2D eigenvalue weighted by Crippen LogP contribution is 2.31. The molecular weight excluding hydrogens is 266 g/mol. The number of carbonyl (C=O) groups excluding carboxylic acids is 1. The number of anilines is 1. The molecule has 1 N–H and O–H groups in total. The van der Waals surface area contributed by atoms with Crippen molar-refractivity contribution in [3.63, 3.8) is 0 Å². The molecule has 0 unspecified atom stereocenters. The van der Waals surface area contributed by atoms with Crippen LogP contribution in [0.4, 0.5) is 5.69 Å². The summed E-state index contributed by atoms with van der Waals surface area (Å²) in [4.78, 5) is 12.4. The number of hydrogen-bond acceptors (Lipinski definition) is 3. The number of benzene rings is 2. The third-order valence-electron chi connectivity index (χ3n) is 3.52. The second-order valence-corrected chi connectivity index (χ2v) is 5.08. The van der Waals surface area contributed by atoms with Gasteiger partial charge in [0.05, 0.1) is 0 Å². The molecule has 1 amide bonds. The van der Waals surface area contributed by atoms with Gasteiger partial charge in [-0.2, -0.15) is 0 Å². The minimum atomic E-state index is -0.149. The number of fused-ring (bicyclic) bond motifs is 1. The Morgan fingerprint density at radius 2 is 1.67 bits per heavy atom. The topological polar surface area (TPSA) is 47.6 Å². The van der Waals surface area contributed by atoms with Gasteiger partial charge in [-0.15, -0.1) is 0 Å². The molecule has 0 spiro atoms. The van der Waals surface area contributed by atoms with Crippen LogP contribution in [0.3, 0.4) is 0 Å². The summed E-state index contributed by atoms with van der Waals surface area (Å²) in [5, 5.41) is 2.97. The number of hydrogen-bond donors (Lipinski definition) is 1. The molecule has 0 bridgehead atoms. The van der Waals surface area contributed by atoms with E-state index in [0.717, 1.165) is 16.8 Å². The maximum atomic E-state index is 12.4. The summed E-state index contributed by atoms with van der Waals surface area (Å²) < 4.78 is 11.0. The van der Waals surface area contributed by atoms with Crippen LogP contribution in [-0.2, 0) is 0 Å². The van der Waals surface area contributed by atoms with Crippen LogP contribution in [0.5, 0.6) is 11.5 Å². The van der Waals surface area contributed by atoms with Crippen molar-refractivity contribution in [2.45, 2.75) is 13.8 Å². The molecule has 1 heterocycles. The predicted octanol–water partition coefficient (Wildman–Crippen LogP) is 3.33. The second-order valence-electron chi connectivity index (χ2n) is 5.08. The zero-order chi connectivity index (χ0) is 14.8. The van der Waals surface area contributed by atoms with Gasteiger partial charge in [-0.1, -0.05) is 18.2 Å². The Kier molecular flexibility index (Phi) is 3.52. The van der Waals surface area contributed by atoms with Crippen LogP contribution in [0.1, 0.15) is 21.5 Å². The summed E-state index contributed by atoms with van der Waals surface area (Å²) in [7, 11) is 0. The fourth-order valence-corrected chi connectivity index (χ4v) is 2.38. The van der Waals surface area contributed by atoms with Crippen molar-refractivity contribution >= 4 is 11.6 Å². The van der Waals surface area contributed by atoms with Crippen molar-refractivity contribution in [2.75, 3.05) is 18.5 Å². The smallest absolute Gasteiger partial charge is 0.255 e. The van der Waals surface area contributed by atoms with Crippen molar-refractivity contribution in [1.29, 1.82) is 0 Å². The first-order valence-corrected chi connectivity index (χ1v) is 6.92. The van der Waals surface area contributed by atoms with Crippen LogP contribution in [-0.4, -0.2) is 19.1 Å². The molecule has 108 valence electrons. The van der Waals surface area contributed by atoms with Crippen LogP contribution in [0.25, 0.3) is 0 Å². The first kappa shape index (κ1) is 13.5. The van der Waals surface area contributed by atoms with E-state index in [1.54, 1.807) is 18.2 Å². The van der Waals surface area contributed by atoms with E-state index in [1.165, 1.54) is 0 Å². The lowest BCUT2D eigenvalue weighted by atomic mass is 10.1. The molecule has 0 radical (unpaired) electrons. The van der Waals surface area contributed by atoms with Crippen molar-refractivity contribution in [2.24, 2.45) is 0 Å². The van der Waals surface area contributed by atoms with Crippen molar-refractivity contribution in [3.05, 3.63) is 53.1 Å². The van der Waals surface area contributed by atoms with Crippen LogP contribution in [0, 0.1) is 13.8 Å². The van der Waals surface area contributed by atoms with Gasteiger partial charge in [0, 0.05) is 11.3 Å². The minimum Gasteiger partial charge on any atom is -0.486 e. The molecule has 1 aliphatic heterocycles. The number of nitrogens with one attached hydrogen (secondary N) is 1. The average molecular weight is 283 g/mol. The van der Waals surface area contributed by atoms with Crippen LogP contribution in [0.15, 0.2) is 36.4 Å². The normalized spacial score (nSPS) is 12.9. The Hall–Kier alpha value is -2.49. The maximum Gasteiger partial charge on any atom is 0.255 e. The van der Waals surface area contributed by atoms with E-state index in [4.69, 9.17) is 9.47 Å². The Balaban J connectivity index is 1.86. The standard InChI is InChI=1S/C17H17NO3/c1-11-4-3-5-12(2)16(11)18-17(19)13-6-7-14-15(10-13)21-9-8-20-14/h3-7,10H,8-9H2,1-2H3,(H,18,19). The van der Waals surface area contributed by atoms with Gasteiger partial charge in [-0.3, -0.25) is 4.79 Å². The summed E-state index contributed by atoms with van der Waals surface area (Å²) in [5.74, 6) is 1.16. The zero-order valence-electron chi connectivity index (χ0n) is 12.1. The third kappa shape index (κ3) is 2.70. The van der Waals surface area contributed by atoms with Gasteiger partial charge in [0.15, 0.2) is 11.5 Å². The maximum absolute atomic E-state index is 12.4. The molecule has 0 atom stereocenters. The van der Waals surface area contributed by atoms with E-state index in [0.29, 0.717) is 30.3 Å². The Bertz CT molecular complexity index is 674. The fraction of sp³-hybridized carbons (Fsp3) is 0.235. The molecule has 1 aliphatic rings. The fourth-order valence-electron chi connectivity index (χ4n) is 2.38.